The summed E-state index contributed by atoms with van der Waals surface area (Å²) in [5, 5.41) is 12.4. The Morgan fingerprint density at radius 2 is 1.92 bits per heavy atom. The van der Waals surface area contributed by atoms with Crippen LogP contribution in [0, 0.1) is 5.82 Å². The molecule has 0 radical (unpaired) electrons. The molecule has 0 spiro atoms. The Labute approximate surface area is 150 Å². The molecule has 0 saturated carbocycles. The summed E-state index contributed by atoms with van der Waals surface area (Å²) in [7, 11) is 0. The van der Waals surface area contributed by atoms with Crippen LogP contribution in [0.15, 0.2) is 60.7 Å². The van der Waals surface area contributed by atoms with Crippen LogP contribution in [0.5, 0.6) is 0 Å². The first-order chi connectivity index (χ1) is 12.5. The number of rotatable bonds is 6. The second-order valence-corrected chi connectivity index (χ2v) is 5.79. The highest BCUT2D eigenvalue weighted by Crippen LogP contribution is 2.26. The van der Waals surface area contributed by atoms with E-state index >= 15 is 0 Å². The quantitative estimate of drug-likeness (QED) is 0.588. The molecule has 3 rings (SSSR count). The van der Waals surface area contributed by atoms with Crippen molar-refractivity contribution in [3.05, 3.63) is 77.6 Å². The first-order valence-corrected chi connectivity index (χ1v) is 8.12. The molecule has 26 heavy (non-hydrogen) atoms. The Morgan fingerprint density at radius 3 is 2.65 bits per heavy atom. The van der Waals surface area contributed by atoms with Crippen molar-refractivity contribution in [2.75, 3.05) is 17.6 Å². The van der Waals surface area contributed by atoms with Crippen LogP contribution in [0.1, 0.15) is 15.9 Å². The van der Waals surface area contributed by atoms with Crippen molar-refractivity contribution in [1.29, 1.82) is 0 Å². The van der Waals surface area contributed by atoms with Gasteiger partial charge in [0.05, 0.1) is 5.69 Å². The van der Waals surface area contributed by atoms with Gasteiger partial charge >= 0.3 is 5.97 Å². The number of carboxylic acid groups (broad SMARTS) is 1. The minimum atomic E-state index is -1.07. The fourth-order valence-corrected chi connectivity index (χ4v) is 2.66. The molecular formula is C20H18FN3O2. The van der Waals surface area contributed by atoms with Crippen molar-refractivity contribution in [2.24, 2.45) is 0 Å². The molecule has 1 heterocycles. The van der Waals surface area contributed by atoms with Crippen LogP contribution in [0.2, 0.25) is 0 Å². The van der Waals surface area contributed by atoms with Gasteiger partial charge in [0.25, 0.3) is 0 Å². The third-order valence-electron chi connectivity index (χ3n) is 3.96. The molecular weight excluding hydrogens is 333 g/mol. The fraction of sp³-hybridized carbons (Fsp3) is 0.100. The number of hydrogen-bond acceptors (Lipinski definition) is 4. The predicted molar refractivity (Wildman–Crippen MR) is 99.6 cm³/mol. The summed E-state index contributed by atoms with van der Waals surface area (Å²) in [5.41, 5.74) is 8.75. The van der Waals surface area contributed by atoms with E-state index < -0.39 is 5.97 Å². The Bertz CT molecular complexity index is 944. The van der Waals surface area contributed by atoms with Crippen LogP contribution in [0.4, 0.5) is 15.9 Å². The number of halogens is 1. The van der Waals surface area contributed by atoms with Crippen molar-refractivity contribution in [1.82, 2.24) is 4.98 Å². The first-order valence-electron chi connectivity index (χ1n) is 8.12. The summed E-state index contributed by atoms with van der Waals surface area (Å²) in [4.78, 5) is 15.9. The number of nitrogen functional groups attached to an aromatic ring is 1. The van der Waals surface area contributed by atoms with Gasteiger partial charge in [-0.15, -0.1) is 0 Å². The summed E-state index contributed by atoms with van der Waals surface area (Å²) in [6, 6.07) is 16.7. The van der Waals surface area contributed by atoms with E-state index in [-0.39, 0.29) is 17.2 Å². The van der Waals surface area contributed by atoms with Crippen LogP contribution < -0.4 is 11.1 Å². The molecule has 0 aliphatic heterocycles. The number of anilines is 2. The molecule has 2 aromatic carbocycles. The van der Waals surface area contributed by atoms with Gasteiger partial charge in [-0.05, 0) is 42.3 Å². The molecule has 5 nitrogen and oxygen atoms in total. The van der Waals surface area contributed by atoms with Crippen molar-refractivity contribution in [3.63, 3.8) is 0 Å². The van der Waals surface area contributed by atoms with Crippen molar-refractivity contribution in [3.8, 4) is 11.3 Å². The largest absolute Gasteiger partial charge is 0.478 e. The predicted octanol–water partition coefficient (Wildman–Crippen LogP) is 3.82. The van der Waals surface area contributed by atoms with Gasteiger partial charge in [-0.3, -0.25) is 0 Å². The van der Waals surface area contributed by atoms with E-state index in [2.05, 4.69) is 10.3 Å². The number of aromatic nitrogens is 1. The first kappa shape index (κ1) is 17.4. The number of hydrogen-bond donors (Lipinski definition) is 3. The Kier molecular flexibility index (Phi) is 5.12. The average Bonchev–Trinajstić information content (AvgIpc) is 2.62. The zero-order valence-electron chi connectivity index (χ0n) is 13.9. The van der Waals surface area contributed by atoms with Crippen molar-refractivity contribution >= 4 is 17.5 Å². The lowest BCUT2D eigenvalue weighted by atomic mass is 10.1. The third kappa shape index (κ3) is 3.97. The minimum absolute atomic E-state index is 0.0718. The molecule has 0 bridgehead atoms. The molecule has 0 amide bonds. The molecule has 6 heteroatoms. The number of benzene rings is 2. The average molecular weight is 351 g/mol. The monoisotopic (exact) mass is 351 g/mol. The maximum atomic E-state index is 13.2. The number of pyridine rings is 1. The maximum absolute atomic E-state index is 13.2. The molecule has 1 aromatic heterocycles. The highest BCUT2D eigenvalue weighted by Gasteiger charge is 2.14. The summed E-state index contributed by atoms with van der Waals surface area (Å²) >= 11 is 0. The van der Waals surface area contributed by atoms with Crippen LogP contribution in [0.3, 0.4) is 0 Å². The van der Waals surface area contributed by atoms with Gasteiger partial charge < -0.3 is 16.2 Å². The number of nitrogens with one attached hydrogen (secondary N) is 1. The van der Waals surface area contributed by atoms with E-state index in [0.717, 1.165) is 11.1 Å². The van der Waals surface area contributed by atoms with Gasteiger partial charge in [-0.25, -0.2) is 14.2 Å². The van der Waals surface area contributed by atoms with E-state index in [4.69, 9.17) is 5.73 Å². The molecule has 3 aromatic rings. The summed E-state index contributed by atoms with van der Waals surface area (Å²) in [6.07, 6.45) is 0.538. The highest BCUT2D eigenvalue weighted by atomic mass is 19.1. The van der Waals surface area contributed by atoms with E-state index in [1.54, 1.807) is 18.2 Å². The van der Waals surface area contributed by atoms with Crippen molar-refractivity contribution < 1.29 is 14.3 Å². The molecule has 0 atom stereocenters. The van der Waals surface area contributed by atoms with Gasteiger partial charge in [-0.2, -0.15) is 0 Å². The van der Waals surface area contributed by atoms with E-state index in [0.29, 0.717) is 24.3 Å². The smallest absolute Gasteiger partial charge is 0.339 e. The zero-order chi connectivity index (χ0) is 18.5. The standard InChI is InChI=1S/C20H18FN3O2/c21-14-5-3-4-13(12-14)10-11-23-19-16(20(25)26)8-9-18(24-19)15-6-1-2-7-17(15)22/h1-9,12H,10-11,22H2,(H,23,24)(H,25,26). The second kappa shape index (κ2) is 7.65. The normalized spacial score (nSPS) is 10.5. The molecule has 0 aliphatic rings. The minimum Gasteiger partial charge on any atom is -0.478 e. The van der Waals surface area contributed by atoms with Crippen LogP contribution in [0.25, 0.3) is 11.3 Å². The van der Waals surface area contributed by atoms with Crippen molar-refractivity contribution in [2.45, 2.75) is 6.42 Å². The molecule has 0 unspecified atom stereocenters. The lowest BCUT2D eigenvalue weighted by molar-refractivity contribution is 0.0697. The molecule has 0 aliphatic carbocycles. The van der Waals surface area contributed by atoms with Gasteiger partial charge in [0.15, 0.2) is 0 Å². The molecule has 4 N–H and O–H groups in total. The number of carboxylic acids is 1. The summed E-state index contributed by atoms with van der Waals surface area (Å²) in [5.74, 6) is -1.11. The van der Waals surface area contributed by atoms with Gasteiger partial charge in [0.2, 0.25) is 0 Å². The zero-order valence-corrected chi connectivity index (χ0v) is 13.9. The topological polar surface area (TPSA) is 88.2 Å². The van der Waals surface area contributed by atoms with Crippen LogP contribution in [-0.2, 0) is 6.42 Å². The SMILES string of the molecule is Nc1ccccc1-c1ccc(C(=O)O)c(NCCc2cccc(F)c2)n1. The summed E-state index contributed by atoms with van der Waals surface area (Å²) < 4.78 is 13.2. The second-order valence-electron chi connectivity index (χ2n) is 5.79. The summed E-state index contributed by atoms with van der Waals surface area (Å²) in [6.45, 7) is 0.421. The molecule has 132 valence electrons. The van der Waals surface area contributed by atoms with Gasteiger partial charge in [-0.1, -0.05) is 30.3 Å². The number of nitrogens with two attached hydrogens (primary N) is 1. The lowest BCUT2D eigenvalue weighted by Crippen LogP contribution is -2.12. The van der Waals surface area contributed by atoms with Gasteiger partial charge in [0, 0.05) is 17.8 Å². The Morgan fingerprint density at radius 1 is 1.12 bits per heavy atom. The Hall–Kier alpha value is -3.41. The Balaban J connectivity index is 1.83. The van der Waals surface area contributed by atoms with Crippen LogP contribution in [-0.4, -0.2) is 22.6 Å². The highest BCUT2D eigenvalue weighted by molar-refractivity contribution is 5.94. The van der Waals surface area contributed by atoms with E-state index in [9.17, 15) is 14.3 Å². The maximum Gasteiger partial charge on any atom is 0.339 e. The number of carbonyl (C=O) groups is 1. The third-order valence-corrected chi connectivity index (χ3v) is 3.96. The van der Waals surface area contributed by atoms with Crippen LogP contribution >= 0.6 is 0 Å². The molecule has 0 fully saturated rings. The lowest BCUT2D eigenvalue weighted by Gasteiger charge is -2.12. The number of para-hydroxylation sites is 1. The molecule has 0 saturated heterocycles. The van der Waals surface area contributed by atoms with E-state index in [1.165, 1.54) is 18.2 Å². The van der Waals surface area contributed by atoms with Gasteiger partial charge in [0.1, 0.15) is 17.2 Å². The number of nitrogens with zero attached hydrogens (tertiary/aromatic N) is 1. The number of aromatic carboxylic acids is 1. The fourth-order valence-electron chi connectivity index (χ4n) is 2.66. The van der Waals surface area contributed by atoms with E-state index in [1.807, 2.05) is 24.3 Å².